The fourth-order valence-corrected chi connectivity index (χ4v) is 3.16. The van der Waals surface area contributed by atoms with E-state index in [0.717, 1.165) is 25.3 Å². The van der Waals surface area contributed by atoms with Crippen LogP contribution in [0, 0.1) is 0 Å². The maximum Gasteiger partial charge on any atom is 0.118 e. The monoisotopic (exact) mass is 276 g/mol. The van der Waals surface area contributed by atoms with Crippen molar-refractivity contribution in [2.24, 2.45) is 0 Å². The summed E-state index contributed by atoms with van der Waals surface area (Å²) in [5.74, 6) is 0.930. The molecule has 0 saturated heterocycles. The van der Waals surface area contributed by atoms with Crippen LogP contribution in [-0.2, 0) is 6.42 Å². The van der Waals surface area contributed by atoms with Crippen molar-refractivity contribution in [1.29, 1.82) is 0 Å². The quantitative estimate of drug-likeness (QED) is 0.775. The van der Waals surface area contributed by atoms with Gasteiger partial charge in [-0.25, -0.2) is 0 Å². The summed E-state index contributed by atoms with van der Waals surface area (Å²) < 4.78 is 5.18. The van der Waals surface area contributed by atoms with E-state index in [1.807, 2.05) is 12.1 Å². The first-order chi connectivity index (χ1) is 9.66. The minimum absolute atomic E-state index is 0.389. The number of methoxy groups -OCH3 is 1. The SMILES string of the molecule is COc1ccc(CCNCC2(N(C)C)CCCC2)cc1. The normalized spacial score (nSPS) is 17.6. The van der Waals surface area contributed by atoms with Crippen LogP contribution in [0.5, 0.6) is 5.75 Å². The molecule has 1 N–H and O–H groups in total. The molecule has 1 fully saturated rings. The Bertz CT molecular complexity index is 394. The van der Waals surface area contributed by atoms with Gasteiger partial charge in [-0.05, 0) is 57.6 Å². The first kappa shape index (κ1) is 15.3. The van der Waals surface area contributed by atoms with Crippen LogP contribution in [0.1, 0.15) is 31.2 Å². The number of rotatable bonds is 7. The van der Waals surface area contributed by atoms with Crippen LogP contribution < -0.4 is 10.1 Å². The molecular weight excluding hydrogens is 248 g/mol. The lowest BCUT2D eigenvalue weighted by molar-refractivity contribution is 0.154. The van der Waals surface area contributed by atoms with E-state index < -0.39 is 0 Å². The van der Waals surface area contributed by atoms with Crippen molar-refractivity contribution < 1.29 is 4.74 Å². The Morgan fingerprint density at radius 3 is 2.35 bits per heavy atom. The van der Waals surface area contributed by atoms with Crippen molar-refractivity contribution in [3.63, 3.8) is 0 Å². The van der Waals surface area contributed by atoms with Gasteiger partial charge in [0.1, 0.15) is 5.75 Å². The third-order valence-electron chi connectivity index (χ3n) is 4.69. The van der Waals surface area contributed by atoms with Gasteiger partial charge in [0.15, 0.2) is 0 Å². The summed E-state index contributed by atoms with van der Waals surface area (Å²) in [6, 6.07) is 8.37. The van der Waals surface area contributed by atoms with Crippen LogP contribution in [-0.4, -0.2) is 44.7 Å². The molecule has 0 atom stereocenters. The molecule has 3 nitrogen and oxygen atoms in total. The fraction of sp³-hybridized carbons (Fsp3) is 0.647. The fourth-order valence-electron chi connectivity index (χ4n) is 3.16. The summed E-state index contributed by atoms with van der Waals surface area (Å²) in [6.07, 6.45) is 6.48. The minimum atomic E-state index is 0.389. The number of likely N-dealkylation sites (N-methyl/N-ethyl adjacent to an activating group) is 1. The molecule has 1 aliphatic carbocycles. The van der Waals surface area contributed by atoms with Gasteiger partial charge in [-0.1, -0.05) is 25.0 Å². The Hall–Kier alpha value is -1.06. The molecule has 3 heteroatoms. The van der Waals surface area contributed by atoms with Crippen molar-refractivity contribution in [2.45, 2.75) is 37.6 Å². The molecule has 0 bridgehead atoms. The highest BCUT2D eigenvalue weighted by atomic mass is 16.5. The Balaban J connectivity index is 1.75. The molecule has 0 aromatic heterocycles. The lowest BCUT2D eigenvalue weighted by Crippen LogP contribution is -2.49. The zero-order valence-corrected chi connectivity index (χ0v) is 13.1. The number of nitrogens with one attached hydrogen (secondary N) is 1. The molecule has 0 spiro atoms. The Kier molecular flexibility index (Phi) is 5.44. The molecule has 1 aromatic carbocycles. The van der Waals surface area contributed by atoms with Crippen molar-refractivity contribution >= 4 is 0 Å². The Morgan fingerprint density at radius 1 is 1.15 bits per heavy atom. The van der Waals surface area contributed by atoms with Crippen molar-refractivity contribution in [1.82, 2.24) is 10.2 Å². The maximum absolute atomic E-state index is 5.18. The number of nitrogens with zero attached hydrogens (tertiary/aromatic N) is 1. The molecule has 1 saturated carbocycles. The van der Waals surface area contributed by atoms with E-state index in [4.69, 9.17) is 4.74 Å². The van der Waals surface area contributed by atoms with E-state index in [1.54, 1.807) is 7.11 Å². The Labute approximate surface area is 123 Å². The van der Waals surface area contributed by atoms with E-state index in [0.29, 0.717) is 5.54 Å². The zero-order valence-electron chi connectivity index (χ0n) is 13.1. The van der Waals surface area contributed by atoms with Crippen LogP contribution in [0.15, 0.2) is 24.3 Å². The summed E-state index contributed by atoms with van der Waals surface area (Å²) in [5, 5.41) is 3.65. The number of hydrogen-bond acceptors (Lipinski definition) is 3. The molecule has 20 heavy (non-hydrogen) atoms. The molecule has 1 aliphatic rings. The topological polar surface area (TPSA) is 24.5 Å². The molecule has 2 rings (SSSR count). The third kappa shape index (κ3) is 3.74. The number of hydrogen-bond donors (Lipinski definition) is 1. The predicted octanol–water partition coefficient (Wildman–Crippen LogP) is 2.70. The average molecular weight is 276 g/mol. The summed E-state index contributed by atoms with van der Waals surface area (Å²) >= 11 is 0. The second-order valence-corrected chi connectivity index (χ2v) is 6.10. The van der Waals surface area contributed by atoms with Gasteiger partial charge in [0.05, 0.1) is 7.11 Å². The van der Waals surface area contributed by atoms with Gasteiger partial charge < -0.3 is 15.0 Å². The van der Waals surface area contributed by atoms with Gasteiger partial charge in [0.2, 0.25) is 0 Å². The van der Waals surface area contributed by atoms with Crippen molar-refractivity contribution in [2.75, 3.05) is 34.3 Å². The molecule has 0 unspecified atom stereocenters. The first-order valence-electron chi connectivity index (χ1n) is 7.67. The molecule has 1 aromatic rings. The lowest BCUT2D eigenvalue weighted by Gasteiger charge is -2.36. The third-order valence-corrected chi connectivity index (χ3v) is 4.69. The minimum Gasteiger partial charge on any atom is -0.497 e. The summed E-state index contributed by atoms with van der Waals surface area (Å²) in [4.78, 5) is 2.42. The highest BCUT2D eigenvalue weighted by molar-refractivity contribution is 5.27. The summed E-state index contributed by atoms with van der Waals surface area (Å²) in [6.45, 7) is 2.15. The van der Waals surface area contributed by atoms with Crippen molar-refractivity contribution in [3.05, 3.63) is 29.8 Å². The van der Waals surface area contributed by atoms with Crippen LogP contribution in [0.3, 0.4) is 0 Å². The molecule has 0 amide bonds. The van der Waals surface area contributed by atoms with Gasteiger partial charge in [-0.15, -0.1) is 0 Å². The van der Waals surface area contributed by atoms with Gasteiger partial charge in [-0.2, -0.15) is 0 Å². The standard InChI is InChI=1S/C17H28N2O/c1-19(2)17(11-4-5-12-17)14-18-13-10-15-6-8-16(20-3)9-7-15/h6-9,18H,4-5,10-14H2,1-3H3. The molecule has 0 radical (unpaired) electrons. The summed E-state index contributed by atoms with van der Waals surface area (Å²) in [5.41, 5.74) is 1.75. The first-order valence-corrected chi connectivity index (χ1v) is 7.67. The van der Waals surface area contributed by atoms with Crippen LogP contribution in [0.2, 0.25) is 0 Å². The smallest absolute Gasteiger partial charge is 0.118 e. The largest absolute Gasteiger partial charge is 0.497 e. The Morgan fingerprint density at radius 2 is 1.80 bits per heavy atom. The van der Waals surface area contributed by atoms with Crippen LogP contribution in [0.25, 0.3) is 0 Å². The van der Waals surface area contributed by atoms with Gasteiger partial charge in [0.25, 0.3) is 0 Å². The van der Waals surface area contributed by atoms with Crippen LogP contribution >= 0.6 is 0 Å². The van der Waals surface area contributed by atoms with E-state index in [-0.39, 0.29) is 0 Å². The van der Waals surface area contributed by atoms with Gasteiger partial charge in [0, 0.05) is 12.1 Å². The predicted molar refractivity (Wildman–Crippen MR) is 84.5 cm³/mol. The second-order valence-electron chi connectivity index (χ2n) is 6.10. The van der Waals surface area contributed by atoms with Crippen molar-refractivity contribution in [3.8, 4) is 5.75 Å². The van der Waals surface area contributed by atoms with E-state index >= 15 is 0 Å². The van der Waals surface area contributed by atoms with E-state index in [1.165, 1.54) is 31.2 Å². The molecular formula is C17H28N2O. The van der Waals surface area contributed by atoms with Gasteiger partial charge in [-0.3, -0.25) is 0 Å². The average Bonchev–Trinajstić information content (AvgIpc) is 2.94. The van der Waals surface area contributed by atoms with Gasteiger partial charge >= 0.3 is 0 Å². The van der Waals surface area contributed by atoms with E-state index in [9.17, 15) is 0 Å². The molecule has 0 heterocycles. The molecule has 0 aliphatic heterocycles. The number of benzene rings is 1. The molecule has 112 valence electrons. The zero-order chi connectivity index (χ0) is 14.4. The second kappa shape index (κ2) is 7.09. The summed E-state index contributed by atoms with van der Waals surface area (Å²) in [7, 11) is 6.14. The highest BCUT2D eigenvalue weighted by Crippen LogP contribution is 2.33. The van der Waals surface area contributed by atoms with E-state index in [2.05, 4.69) is 36.4 Å². The lowest BCUT2D eigenvalue weighted by atomic mass is 9.96. The highest BCUT2D eigenvalue weighted by Gasteiger charge is 2.35. The van der Waals surface area contributed by atoms with Crippen LogP contribution in [0.4, 0.5) is 0 Å². The maximum atomic E-state index is 5.18. The number of ether oxygens (including phenoxy) is 1.